The summed E-state index contributed by atoms with van der Waals surface area (Å²) in [5, 5.41) is 6.70. The lowest BCUT2D eigenvalue weighted by Gasteiger charge is -2.24. The highest BCUT2D eigenvalue weighted by Gasteiger charge is 2.09. The van der Waals surface area contributed by atoms with Gasteiger partial charge >= 0.3 is 0 Å². The Morgan fingerprint density at radius 2 is 2.20 bits per heavy atom. The minimum Gasteiger partial charge on any atom is -0.377 e. The van der Waals surface area contributed by atoms with Gasteiger partial charge < -0.3 is 9.42 Å². The maximum Gasteiger partial charge on any atom is 0.227 e. The topological polar surface area (TPSA) is 59.2 Å². The van der Waals surface area contributed by atoms with Crippen molar-refractivity contribution in [2.75, 3.05) is 13.1 Å². The van der Waals surface area contributed by atoms with Crippen LogP contribution >= 0.6 is 0 Å². The molecule has 0 N–H and O–H groups in total. The van der Waals surface area contributed by atoms with E-state index in [0.717, 1.165) is 13.1 Å². The fraction of sp³-hybridized carbons (Fsp3) is 0.500. The molecule has 1 saturated heterocycles. The van der Waals surface area contributed by atoms with E-state index in [1.54, 1.807) is 0 Å². The molecule has 1 aliphatic rings. The van der Waals surface area contributed by atoms with E-state index < -0.39 is 0 Å². The number of piperidine rings is 1. The van der Waals surface area contributed by atoms with Gasteiger partial charge in [0.05, 0.1) is 0 Å². The predicted octanol–water partition coefficient (Wildman–Crippen LogP) is 1.25. The van der Waals surface area contributed by atoms with Crippen LogP contribution in [0.4, 0.5) is 0 Å². The highest BCUT2D eigenvalue weighted by molar-refractivity contribution is 6.01. The smallest absolute Gasteiger partial charge is 0.227 e. The van der Waals surface area contributed by atoms with Crippen LogP contribution in [0.25, 0.3) is 0 Å². The van der Waals surface area contributed by atoms with E-state index >= 15 is 0 Å². The first-order valence-corrected chi connectivity index (χ1v) is 5.10. The van der Waals surface area contributed by atoms with Crippen molar-refractivity contribution in [2.45, 2.75) is 19.3 Å². The number of hydrogen-bond donors (Lipinski definition) is 0. The van der Waals surface area contributed by atoms with Gasteiger partial charge in [0.15, 0.2) is 0 Å². The van der Waals surface area contributed by atoms with E-state index in [1.165, 1.54) is 31.5 Å². The molecule has 1 aromatic heterocycles. The highest BCUT2D eigenvalue weighted by atomic mass is 16.5. The summed E-state index contributed by atoms with van der Waals surface area (Å²) >= 11 is 0. The number of hydrogen-bond acceptors (Lipinski definition) is 5. The van der Waals surface area contributed by atoms with Gasteiger partial charge in [0, 0.05) is 30.6 Å². The third kappa shape index (κ3) is 2.65. The molecule has 0 aromatic carbocycles. The zero-order valence-corrected chi connectivity index (χ0v) is 8.43. The van der Waals surface area contributed by atoms with Crippen LogP contribution in [0.5, 0.6) is 0 Å². The standard InChI is InChI=1S/C10H13N3O2/c14-9(10-8-11-12-15-10)4-7-13-5-2-1-3-6-13/h4,7-8H,1-3,5-6H2. The lowest BCUT2D eigenvalue weighted by molar-refractivity contribution is 0.101. The third-order valence-corrected chi connectivity index (χ3v) is 2.43. The van der Waals surface area contributed by atoms with Crippen molar-refractivity contribution in [3.05, 3.63) is 24.2 Å². The second-order valence-corrected chi connectivity index (χ2v) is 3.56. The van der Waals surface area contributed by atoms with Gasteiger partial charge in [-0.05, 0) is 19.3 Å². The Balaban J connectivity index is 1.90. The molecule has 0 amide bonds. The Bertz CT molecular complexity index is 340. The second-order valence-electron chi connectivity index (χ2n) is 3.56. The molecule has 1 fully saturated rings. The predicted molar refractivity (Wildman–Crippen MR) is 53.2 cm³/mol. The third-order valence-electron chi connectivity index (χ3n) is 2.43. The molecule has 1 aromatic rings. The van der Waals surface area contributed by atoms with Crippen LogP contribution in [0.3, 0.4) is 0 Å². The molecule has 0 spiro atoms. The lowest BCUT2D eigenvalue weighted by Crippen LogP contribution is -2.24. The summed E-state index contributed by atoms with van der Waals surface area (Å²) in [5.74, 6) is -0.00571. The molecule has 2 heterocycles. The van der Waals surface area contributed by atoms with Crippen LogP contribution in [0.1, 0.15) is 29.8 Å². The molecule has 0 saturated carbocycles. The first kappa shape index (κ1) is 9.89. The first-order valence-electron chi connectivity index (χ1n) is 5.10. The summed E-state index contributed by atoms with van der Waals surface area (Å²) in [5.41, 5.74) is 0. The van der Waals surface area contributed by atoms with Gasteiger partial charge in [-0.25, -0.2) is 0 Å². The summed E-state index contributed by atoms with van der Waals surface area (Å²) in [6, 6.07) is 0. The van der Waals surface area contributed by atoms with Gasteiger partial charge in [-0.2, -0.15) is 0 Å². The van der Waals surface area contributed by atoms with Crippen molar-refractivity contribution in [3.8, 4) is 0 Å². The minimum atomic E-state index is -0.189. The van der Waals surface area contributed by atoms with Crippen LogP contribution in [0.2, 0.25) is 0 Å². The zero-order valence-electron chi connectivity index (χ0n) is 8.43. The van der Waals surface area contributed by atoms with E-state index in [2.05, 4.69) is 19.8 Å². The quantitative estimate of drug-likeness (QED) is 0.551. The number of carbonyl (C=O) groups is 1. The van der Waals surface area contributed by atoms with Gasteiger partial charge in [-0.3, -0.25) is 4.79 Å². The molecule has 2 rings (SSSR count). The molecule has 80 valence electrons. The van der Waals surface area contributed by atoms with Crippen LogP contribution in [0, 0.1) is 0 Å². The zero-order chi connectivity index (χ0) is 10.5. The summed E-state index contributed by atoms with van der Waals surface area (Å²) in [6.07, 6.45) is 8.33. The number of allylic oxidation sites excluding steroid dienone is 1. The number of aromatic nitrogens is 2. The van der Waals surface area contributed by atoms with Gasteiger partial charge in [-0.1, -0.05) is 0 Å². The molecule has 0 atom stereocenters. The van der Waals surface area contributed by atoms with Gasteiger partial charge in [0.25, 0.3) is 0 Å². The second kappa shape index (κ2) is 4.72. The number of nitrogens with zero attached hydrogens (tertiary/aromatic N) is 3. The van der Waals surface area contributed by atoms with Crippen molar-refractivity contribution in [3.63, 3.8) is 0 Å². The van der Waals surface area contributed by atoms with E-state index in [0.29, 0.717) is 0 Å². The van der Waals surface area contributed by atoms with Crippen molar-refractivity contribution in [2.24, 2.45) is 0 Å². The molecular formula is C10H13N3O2. The first-order chi connectivity index (χ1) is 7.36. The van der Waals surface area contributed by atoms with Gasteiger partial charge in [0.1, 0.15) is 6.20 Å². The van der Waals surface area contributed by atoms with Crippen molar-refractivity contribution in [1.29, 1.82) is 0 Å². The average molecular weight is 207 g/mol. The monoisotopic (exact) mass is 207 g/mol. The largest absolute Gasteiger partial charge is 0.377 e. The molecule has 5 nitrogen and oxygen atoms in total. The Morgan fingerprint density at radius 1 is 1.40 bits per heavy atom. The summed E-state index contributed by atoms with van der Waals surface area (Å²) in [7, 11) is 0. The minimum absolute atomic E-state index is 0.184. The van der Waals surface area contributed by atoms with Crippen LogP contribution in [-0.4, -0.2) is 34.1 Å². The molecular weight excluding hydrogens is 194 g/mol. The number of carbonyl (C=O) groups excluding carboxylic acids is 1. The molecule has 0 unspecified atom stereocenters. The fourth-order valence-electron chi connectivity index (χ4n) is 1.60. The Labute approximate surface area is 87.7 Å². The van der Waals surface area contributed by atoms with Crippen molar-refractivity contribution < 1.29 is 9.32 Å². The fourth-order valence-corrected chi connectivity index (χ4v) is 1.60. The maximum absolute atomic E-state index is 11.5. The van der Waals surface area contributed by atoms with E-state index in [-0.39, 0.29) is 11.5 Å². The maximum atomic E-state index is 11.5. The SMILES string of the molecule is O=C(C=CN1CCCCC1)c1cnno1. The summed E-state index contributed by atoms with van der Waals surface area (Å²) in [6.45, 7) is 2.05. The molecule has 15 heavy (non-hydrogen) atoms. The molecule has 0 aliphatic carbocycles. The molecule has 0 bridgehead atoms. The highest BCUT2D eigenvalue weighted by Crippen LogP contribution is 2.09. The molecule has 1 aliphatic heterocycles. The number of likely N-dealkylation sites (tertiary alicyclic amines) is 1. The van der Waals surface area contributed by atoms with E-state index in [1.807, 2.05) is 6.20 Å². The van der Waals surface area contributed by atoms with Crippen molar-refractivity contribution >= 4 is 5.78 Å². The van der Waals surface area contributed by atoms with Gasteiger partial charge in [0.2, 0.25) is 11.5 Å². The van der Waals surface area contributed by atoms with Crippen LogP contribution in [0.15, 0.2) is 23.0 Å². The number of rotatable bonds is 3. The molecule has 5 heteroatoms. The summed E-state index contributed by atoms with van der Waals surface area (Å²) in [4.78, 5) is 13.6. The Morgan fingerprint density at radius 3 is 2.87 bits per heavy atom. The number of ketones is 1. The van der Waals surface area contributed by atoms with Gasteiger partial charge in [-0.15, -0.1) is 5.10 Å². The van der Waals surface area contributed by atoms with Crippen LogP contribution in [-0.2, 0) is 0 Å². The lowest BCUT2D eigenvalue weighted by atomic mass is 10.1. The molecule has 0 radical (unpaired) electrons. The Hall–Kier alpha value is -1.65. The normalized spacial score (nSPS) is 17.2. The van der Waals surface area contributed by atoms with Crippen LogP contribution < -0.4 is 0 Å². The van der Waals surface area contributed by atoms with E-state index in [4.69, 9.17) is 0 Å². The average Bonchev–Trinajstić information content (AvgIpc) is 2.81. The Kier molecular flexibility index (Phi) is 3.11. The van der Waals surface area contributed by atoms with E-state index in [9.17, 15) is 4.79 Å². The summed E-state index contributed by atoms with van der Waals surface area (Å²) < 4.78 is 4.65. The van der Waals surface area contributed by atoms with Crippen molar-refractivity contribution in [1.82, 2.24) is 15.3 Å².